The van der Waals surface area contributed by atoms with E-state index in [0.29, 0.717) is 17.2 Å². The third kappa shape index (κ3) is 3.78. The molecule has 7 heteroatoms. The number of carbonyl (C=O) groups is 1. The van der Waals surface area contributed by atoms with E-state index >= 15 is 0 Å². The predicted octanol–water partition coefficient (Wildman–Crippen LogP) is 3.38. The van der Waals surface area contributed by atoms with Gasteiger partial charge in [0.1, 0.15) is 12.3 Å². The van der Waals surface area contributed by atoms with Crippen LogP contribution in [0.2, 0.25) is 0 Å². The highest BCUT2D eigenvalue weighted by molar-refractivity contribution is 5.78. The molecule has 2 atom stereocenters. The average molecular weight is 372 g/mol. The minimum Gasteiger partial charge on any atom is -0.454 e. The molecule has 0 aliphatic carbocycles. The minimum atomic E-state index is 0.0363. The van der Waals surface area contributed by atoms with Gasteiger partial charge >= 0.3 is 0 Å². The molecule has 7 nitrogen and oxygen atoms in total. The van der Waals surface area contributed by atoms with E-state index in [2.05, 4.69) is 19.0 Å². The number of likely N-dealkylation sites (tertiary alicyclic amines) is 1. The van der Waals surface area contributed by atoms with Crippen LogP contribution in [-0.2, 0) is 16.1 Å². The lowest BCUT2D eigenvalue weighted by molar-refractivity contribution is -0.142. The number of carbonyl (C=O) groups excluding carboxylic acids is 1. The first-order valence-electron chi connectivity index (χ1n) is 9.36. The van der Waals surface area contributed by atoms with Crippen molar-refractivity contribution in [1.29, 1.82) is 0 Å². The number of aromatic nitrogens is 1. The third-order valence-electron chi connectivity index (χ3n) is 5.17. The lowest BCUT2D eigenvalue weighted by Gasteiger charge is -2.39. The number of hydrogen-bond donors (Lipinski definition) is 0. The lowest BCUT2D eigenvalue weighted by atomic mass is 9.97. The molecule has 0 unspecified atom stereocenters. The molecule has 4 rings (SSSR count). The SMILES string of the molecule is C[C@@H]1CCC[C@H](C)N1C(=O)COCc1cc(-c2ccc3c(c2)OCO3)on1. The molecule has 1 amide bonds. The Balaban J connectivity index is 1.33. The second-order valence-electron chi connectivity index (χ2n) is 7.17. The van der Waals surface area contributed by atoms with Crippen molar-refractivity contribution in [1.82, 2.24) is 10.1 Å². The highest BCUT2D eigenvalue weighted by Gasteiger charge is 2.28. The van der Waals surface area contributed by atoms with Gasteiger partial charge in [0.05, 0.1) is 6.61 Å². The second-order valence-corrected chi connectivity index (χ2v) is 7.17. The largest absolute Gasteiger partial charge is 0.454 e. The van der Waals surface area contributed by atoms with Gasteiger partial charge in [-0.05, 0) is 51.3 Å². The molecule has 27 heavy (non-hydrogen) atoms. The first kappa shape index (κ1) is 17.9. The summed E-state index contributed by atoms with van der Waals surface area (Å²) >= 11 is 0. The zero-order chi connectivity index (χ0) is 18.8. The Kier molecular flexibility index (Phi) is 5.03. The molecule has 2 aliphatic heterocycles. The van der Waals surface area contributed by atoms with Crippen molar-refractivity contribution in [3.05, 3.63) is 30.0 Å². The maximum atomic E-state index is 12.5. The lowest BCUT2D eigenvalue weighted by Crippen LogP contribution is -2.48. The first-order chi connectivity index (χ1) is 13.1. The van der Waals surface area contributed by atoms with Crippen LogP contribution in [0, 0.1) is 0 Å². The average Bonchev–Trinajstić information content (AvgIpc) is 3.30. The van der Waals surface area contributed by atoms with Gasteiger partial charge in [-0.1, -0.05) is 5.16 Å². The van der Waals surface area contributed by atoms with E-state index in [9.17, 15) is 4.79 Å². The monoisotopic (exact) mass is 372 g/mol. The zero-order valence-corrected chi connectivity index (χ0v) is 15.6. The van der Waals surface area contributed by atoms with Gasteiger partial charge in [0, 0.05) is 23.7 Å². The fourth-order valence-corrected chi connectivity index (χ4v) is 3.80. The Hall–Kier alpha value is -2.54. The van der Waals surface area contributed by atoms with Gasteiger partial charge in [0.25, 0.3) is 0 Å². The van der Waals surface area contributed by atoms with Crippen molar-refractivity contribution >= 4 is 5.91 Å². The zero-order valence-electron chi connectivity index (χ0n) is 15.6. The highest BCUT2D eigenvalue weighted by Crippen LogP contribution is 2.36. The number of benzene rings is 1. The molecule has 2 aliphatic rings. The fraction of sp³-hybridized carbons (Fsp3) is 0.500. The molecule has 2 aromatic rings. The molecule has 3 heterocycles. The summed E-state index contributed by atoms with van der Waals surface area (Å²) in [5, 5.41) is 4.03. The maximum absolute atomic E-state index is 12.5. The Labute approximate surface area is 158 Å². The number of rotatable bonds is 5. The van der Waals surface area contributed by atoms with E-state index in [4.69, 9.17) is 18.7 Å². The van der Waals surface area contributed by atoms with E-state index in [1.165, 1.54) is 6.42 Å². The van der Waals surface area contributed by atoms with E-state index in [1.807, 2.05) is 29.2 Å². The summed E-state index contributed by atoms with van der Waals surface area (Å²) in [5.74, 6) is 2.07. The van der Waals surface area contributed by atoms with E-state index in [1.54, 1.807) is 0 Å². The summed E-state index contributed by atoms with van der Waals surface area (Å²) in [6, 6.07) is 7.95. The minimum absolute atomic E-state index is 0.0363. The summed E-state index contributed by atoms with van der Waals surface area (Å²) in [4.78, 5) is 14.4. The third-order valence-corrected chi connectivity index (χ3v) is 5.17. The van der Waals surface area contributed by atoms with Gasteiger partial charge in [0.2, 0.25) is 12.7 Å². The van der Waals surface area contributed by atoms with Gasteiger partial charge in [-0.25, -0.2) is 0 Å². The molecule has 1 aromatic carbocycles. The van der Waals surface area contributed by atoms with Gasteiger partial charge in [-0.3, -0.25) is 4.79 Å². The Morgan fingerprint density at radius 1 is 1.19 bits per heavy atom. The van der Waals surface area contributed by atoms with Crippen molar-refractivity contribution in [3.8, 4) is 22.8 Å². The van der Waals surface area contributed by atoms with Crippen LogP contribution in [0.4, 0.5) is 0 Å². The Bertz CT molecular complexity index is 808. The van der Waals surface area contributed by atoms with Crippen molar-refractivity contribution in [2.45, 2.75) is 51.8 Å². The first-order valence-corrected chi connectivity index (χ1v) is 9.36. The van der Waals surface area contributed by atoms with E-state index < -0.39 is 0 Å². The summed E-state index contributed by atoms with van der Waals surface area (Å²) in [5.41, 5.74) is 1.50. The molecule has 144 valence electrons. The molecule has 0 saturated carbocycles. The molecule has 1 aromatic heterocycles. The van der Waals surface area contributed by atoms with Gasteiger partial charge in [-0.15, -0.1) is 0 Å². The standard InChI is InChI=1S/C20H24N2O5/c1-13-4-3-5-14(2)22(13)20(23)11-24-10-16-9-18(27-21-16)15-6-7-17-19(8-15)26-12-25-17/h6-9,13-14H,3-5,10-12H2,1-2H3/t13-,14+. The van der Waals surface area contributed by atoms with Gasteiger partial charge in [-0.2, -0.15) is 0 Å². The Morgan fingerprint density at radius 2 is 1.96 bits per heavy atom. The van der Waals surface area contributed by atoms with Crippen molar-refractivity contribution in [2.24, 2.45) is 0 Å². The molecular formula is C20H24N2O5. The number of ether oxygens (including phenoxy) is 3. The summed E-state index contributed by atoms with van der Waals surface area (Å²) in [6.45, 7) is 4.72. The van der Waals surface area contributed by atoms with Crippen LogP contribution in [0.25, 0.3) is 11.3 Å². The molecule has 1 fully saturated rings. The number of amides is 1. The van der Waals surface area contributed by atoms with E-state index in [-0.39, 0.29) is 38.0 Å². The molecule has 0 N–H and O–H groups in total. The maximum Gasteiger partial charge on any atom is 0.249 e. The van der Waals surface area contributed by atoms with Crippen molar-refractivity contribution < 1.29 is 23.5 Å². The number of nitrogens with zero attached hydrogens (tertiary/aromatic N) is 2. The smallest absolute Gasteiger partial charge is 0.249 e. The topological polar surface area (TPSA) is 74.0 Å². The number of fused-ring (bicyclic) bond motifs is 1. The van der Waals surface area contributed by atoms with Gasteiger partial charge < -0.3 is 23.6 Å². The quantitative estimate of drug-likeness (QED) is 0.801. The van der Waals surface area contributed by atoms with Crippen LogP contribution >= 0.6 is 0 Å². The summed E-state index contributed by atoms with van der Waals surface area (Å²) < 4.78 is 21.7. The number of piperidine rings is 1. The van der Waals surface area contributed by atoms with Crippen LogP contribution in [0.3, 0.4) is 0 Å². The Morgan fingerprint density at radius 3 is 2.78 bits per heavy atom. The van der Waals surface area contributed by atoms with Crippen molar-refractivity contribution in [2.75, 3.05) is 13.4 Å². The second kappa shape index (κ2) is 7.60. The molecule has 1 saturated heterocycles. The summed E-state index contributed by atoms with van der Waals surface area (Å²) in [6.07, 6.45) is 3.28. The van der Waals surface area contributed by atoms with E-state index in [0.717, 1.165) is 24.2 Å². The number of hydrogen-bond acceptors (Lipinski definition) is 6. The fourth-order valence-electron chi connectivity index (χ4n) is 3.80. The van der Waals surface area contributed by atoms with Crippen LogP contribution < -0.4 is 9.47 Å². The highest BCUT2D eigenvalue weighted by atomic mass is 16.7. The molecule has 0 spiro atoms. The summed E-state index contributed by atoms with van der Waals surface area (Å²) in [7, 11) is 0. The van der Waals surface area contributed by atoms with Crippen LogP contribution in [0.1, 0.15) is 38.8 Å². The van der Waals surface area contributed by atoms with Gasteiger partial charge in [0.15, 0.2) is 17.3 Å². The molecule has 0 radical (unpaired) electrons. The normalized spacial score (nSPS) is 21.5. The predicted molar refractivity (Wildman–Crippen MR) is 97.3 cm³/mol. The molecular weight excluding hydrogens is 348 g/mol. The van der Waals surface area contributed by atoms with Crippen molar-refractivity contribution in [3.63, 3.8) is 0 Å². The van der Waals surface area contributed by atoms with Crippen LogP contribution in [0.15, 0.2) is 28.8 Å². The van der Waals surface area contributed by atoms with Crippen LogP contribution in [-0.4, -0.2) is 41.4 Å². The van der Waals surface area contributed by atoms with Crippen LogP contribution in [0.5, 0.6) is 11.5 Å². The molecule has 0 bridgehead atoms.